The van der Waals surface area contributed by atoms with E-state index in [1.54, 1.807) is 24.3 Å². The average molecular weight is 366 g/mol. The minimum atomic E-state index is -0.790. The predicted molar refractivity (Wildman–Crippen MR) is 95.1 cm³/mol. The summed E-state index contributed by atoms with van der Waals surface area (Å²) >= 11 is 3.09. The van der Waals surface area contributed by atoms with Crippen LogP contribution in [0.4, 0.5) is 0 Å². The Morgan fingerprint density at radius 1 is 1.46 bits per heavy atom. The van der Waals surface area contributed by atoms with Crippen molar-refractivity contribution in [1.29, 1.82) is 0 Å². The molecule has 0 bridgehead atoms. The first-order valence-corrected chi connectivity index (χ1v) is 9.69. The smallest absolute Gasteiger partial charge is 0.313 e. The molecule has 1 N–H and O–H groups in total. The summed E-state index contributed by atoms with van der Waals surface area (Å²) in [7, 11) is 0. The standard InChI is InChI=1S/C16H18N2O4S2/c19-15(20)9-23-10-16-22-14(8-24-16)7-21-13-3-1-12(2-4-13)18-6-5-17-11-18/h1-6,11,14,16H,7-10H2,(H,19,20). The normalized spacial score (nSPS) is 20.2. The van der Waals surface area contributed by atoms with Crippen molar-refractivity contribution in [3.63, 3.8) is 0 Å². The van der Waals surface area contributed by atoms with Gasteiger partial charge in [0, 0.05) is 29.6 Å². The summed E-state index contributed by atoms with van der Waals surface area (Å²) in [5.41, 5.74) is 1.08. The van der Waals surface area contributed by atoms with Crippen molar-refractivity contribution in [3.05, 3.63) is 43.0 Å². The maximum absolute atomic E-state index is 10.5. The van der Waals surface area contributed by atoms with Crippen molar-refractivity contribution in [3.8, 4) is 11.4 Å². The lowest BCUT2D eigenvalue weighted by Crippen LogP contribution is -2.21. The average Bonchev–Trinajstić information content (AvgIpc) is 3.25. The number of ether oxygens (including phenoxy) is 2. The maximum atomic E-state index is 10.5. The third kappa shape index (κ3) is 4.93. The van der Waals surface area contributed by atoms with Gasteiger partial charge in [-0.2, -0.15) is 0 Å². The van der Waals surface area contributed by atoms with E-state index in [2.05, 4.69) is 4.98 Å². The van der Waals surface area contributed by atoms with Crippen LogP contribution in [-0.2, 0) is 9.53 Å². The van der Waals surface area contributed by atoms with E-state index in [9.17, 15) is 4.79 Å². The van der Waals surface area contributed by atoms with Crippen molar-refractivity contribution in [2.75, 3.05) is 23.9 Å². The van der Waals surface area contributed by atoms with Gasteiger partial charge in [0.2, 0.25) is 0 Å². The summed E-state index contributed by atoms with van der Waals surface area (Å²) in [4.78, 5) is 14.5. The number of thioether (sulfide) groups is 2. The van der Waals surface area contributed by atoms with Gasteiger partial charge in [0.05, 0.1) is 12.1 Å². The van der Waals surface area contributed by atoms with Crippen LogP contribution in [0.1, 0.15) is 0 Å². The number of carboxylic acids is 1. The highest BCUT2D eigenvalue weighted by atomic mass is 32.2. The fourth-order valence-electron chi connectivity index (χ4n) is 2.24. The number of nitrogens with zero attached hydrogens (tertiary/aromatic N) is 2. The molecule has 0 amide bonds. The van der Waals surface area contributed by atoms with Gasteiger partial charge in [0.25, 0.3) is 0 Å². The second-order valence-electron chi connectivity index (χ2n) is 5.20. The van der Waals surface area contributed by atoms with Gasteiger partial charge in [-0.3, -0.25) is 4.79 Å². The molecule has 1 aliphatic heterocycles. The Labute approximate surface area is 148 Å². The summed E-state index contributed by atoms with van der Waals surface area (Å²) in [6.45, 7) is 0.498. The van der Waals surface area contributed by atoms with Gasteiger partial charge >= 0.3 is 5.97 Å². The molecule has 2 atom stereocenters. The van der Waals surface area contributed by atoms with Crippen LogP contribution in [0.2, 0.25) is 0 Å². The minimum Gasteiger partial charge on any atom is -0.491 e. The third-order valence-corrected chi connectivity index (χ3v) is 5.78. The first-order valence-electron chi connectivity index (χ1n) is 7.48. The first kappa shape index (κ1) is 17.2. The van der Waals surface area contributed by atoms with E-state index in [4.69, 9.17) is 14.6 Å². The van der Waals surface area contributed by atoms with Crippen molar-refractivity contribution in [2.24, 2.45) is 0 Å². The van der Waals surface area contributed by atoms with Gasteiger partial charge in [-0.1, -0.05) is 0 Å². The van der Waals surface area contributed by atoms with E-state index in [0.29, 0.717) is 12.4 Å². The quantitative estimate of drug-likeness (QED) is 0.769. The first-order chi connectivity index (χ1) is 11.7. The largest absolute Gasteiger partial charge is 0.491 e. The highest BCUT2D eigenvalue weighted by Gasteiger charge is 2.26. The second kappa shape index (κ2) is 8.46. The van der Waals surface area contributed by atoms with E-state index in [0.717, 1.165) is 17.2 Å². The SMILES string of the molecule is O=C(O)CSCC1OC(COc2ccc(-n3ccnc3)cc2)CS1. The molecule has 0 saturated carbocycles. The number of benzene rings is 1. The van der Waals surface area contributed by atoms with Crippen molar-refractivity contribution < 1.29 is 19.4 Å². The highest BCUT2D eigenvalue weighted by molar-refractivity contribution is 8.03. The Balaban J connectivity index is 1.41. The molecule has 1 aliphatic rings. The number of hydrogen-bond donors (Lipinski definition) is 1. The molecule has 1 aromatic carbocycles. The van der Waals surface area contributed by atoms with Crippen LogP contribution >= 0.6 is 23.5 Å². The summed E-state index contributed by atoms with van der Waals surface area (Å²) in [6, 6.07) is 7.81. The second-order valence-corrected chi connectivity index (χ2v) is 7.43. The van der Waals surface area contributed by atoms with Gasteiger partial charge in [-0.25, -0.2) is 4.98 Å². The molecular formula is C16H18N2O4S2. The molecule has 24 heavy (non-hydrogen) atoms. The zero-order valence-electron chi connectivity index (χ0n) is 12.9. The molecular weight excluding hydrogens is 348 g/mol. The van der Waals surface area contributed by atoms with Crippen LogP contribution in [0.15, 0.2) is 43.0 Å². The molecule has 0 aliphatic carbocycles. The molecule has 2 aromatic rings. The summed E-state index contributed by atoms with van der Waals surface area (Å²) in [5, 5.41) is 8.64. The molecule has 3 rings (SSSR count). The maximum Gasteiger partial charge on any atom is 0.313 e. The number of hydrogen-bond acceptors (Lipinski definition) is 6. The van der Waals surface area contributed by atoms with Crippen molar-refractivity contribution in [1.82, 2.24) is 9.55 Å². The molecule has 0 spiro atoms. The monoisotopic (exact) mass is 366 g/mol. The van der Waals surface area contributed by atoms with E-state index < -0.39 is 5.97 Å². The Hall–Kier alpha value is -1.64. The Bertz CT molecular complexity index is 649. The molecule has 2 heterocycles. The number of carboxylic acid groups (broad SMARTS) is 1. The topological polar surface area (TPSA) is 73.6 Å². The van der Waals surface area contributed by atoms with Crippen LogP contribution in [0, 0.1) is 0 Å². The Morgan fingerprint density at radius 3 is 3.00 bits per heavy atom. The van der Waals surface area contributed by atoms with Gasteiger partial charge in [-0.15, -0.1) is 23.5 Å². The van der Waals surface area contributed by atoms with Crippen LogP contribution < -0.4 is 4.74 Å². The number of aromatic nitrogens is 2. The van der Waals surface area contributed by atoms with Gasteiger partial charge in [-0.05, 0) is 24.3 Å². The van der Waals surface area contributed by atoms with Crippen LogP contribution in [0.25, 0.3) is 5.69 Å². The van der Waals surface area contributed by atoms with Crippen molar-refractivity contribution >= 4 is 29.5 Å². The predicted octanol–water partition coefficient (Wildman–Crippen LogP) is 2.53. The summed E-state index contributed by atoms with van der Waals surface area (Å²) in [6.07, 6.45) is 5.42. The molecule has 1 saturated heterocycles. The molecule has 8 heteroatoms. The minimum absolute atomic E-state index is 0.0405. The molecule has 1 aromatic heterocycles. The lowest BCUT2D eigenvalue weighted by molar-refractivity contribution is -0.133. The van der Waals surface area contributed by atoms with Crippen LogP contribution in [-0.4, -0.2) is 56.0 Å². The molecule has 0 radical (unpaired) electrons. The fraction of sp³-hybridized carbons (Fsp3) is 0.375. The molecule has 128 valence electrons. The van der Waals surface area contributed by atoms with E-state index in [-0.39, 0.29) is 17.3 Å². The molecule has 6 nitrogen and oxygen atoms in total. The Morgan fingerprint density at radius 2 is 2.29 bits per heavy atom. The van der Waals surface area contributed by atoms with E-state index in [1.807, 2.05) is 35.0 Å². The lowest BCUT2D eigenvalue weighted by Gasteiger charge is -2.13. The fourth-order valence-corrected chi connectivity index (χ4v) is 4.32. The number of aliphatic carboxylic acids is 1. The number of rotatable bonds is 8. The number of imidazole rings is 1. The zero-order chi connectivity index (χ0) is 16.8. The third-order valence-electron chi connectivity index (χ3n) is 3.37. The highest BCUT2D eigenvalue weighted by Crippen LogP contribution is 2.28. The zero-order valence-corrected chi connectivity index (χ0v) is 14.5. The Kier molecular flexibility index (Phi) is 6.06. The number of carbonyl (C=O) groups is 1. The molecule has 2 unspecified atom stereocenters. The van der Waals surface area contributed by atoms with Gasteiger partial charge < -0.3 is 19.1 Å². The van der Waals surface area contributed by atoms with E-state index in [1.165, 1.54) is 11.8 Å². The lowest BCUT2D eigenvalue weighted by atomic mass is 10.3. The van der Waals surface area contributed by atoms with Crippen LogP contribution in [0.5, 0.6) is 5.75 Å². The van der Waals surface area contributed by atoms with E-state index >= 15 is 0 Å². The van der Waals surface area contributed by atoms with Crippen LogP contribution in [0.3, 0.4) is 0 Å². The summed E-state index contributed by atoms with van der Waals surface area (Å²) in [5.74, 6) is 1.68. The van der Waals surface area contributed by atoms with Crippen molar-refractivity contribution in [2.45, 2.75) is 11.5 Å². The molecule has 1 fully saturated rings. The summed E-state index contributed by atoms with van der Waals surface area (Å²) < 4.78 is 13.6. The van der Waals surface area contributed by atoms with Gasteiger partial charge in [0.1, 0.15) is 23.9 Å². The van der Waals surface area contributed by atoms with Gasteiger partial charge in [0.15, 0.2) is 0 Å².